The molecule has 16 heavy (non-hydrogen) atoms. The number of aliphatic imine (C=N–C) groups is 1. The maximum absolute atomic E-state index is 5.16. The second-order valence-electron chi connectivity index (χ2n) is 3.24. The smallest absolute Gasteiger partial charge is 0.210 e. The topological polar surface area (TPSA) is 38.4 Å². The van der Waals surface area contributed by atoms with E-state index in [2.05, 4.69) is 9.98 Å². The normalized spacial score (nSPS) is 11.5. The lowest BCUT2D eigenvalue weighted by molar-refractivity contribution is 0.560. The minimum Gasteiger partial charge on any atom is -0.463 e. The first-order valence-electron chi connectivity index (χ1n) is 4.85. The van der Waals surface area contributed by atoms with Crippen LogP contribution in [0.1, 0.15) is 5.76 Å². The molecule has 78 valence electrons. The summed E-state index contributed by atoms with van der Waals surface area (Å²) in [6.07, 6.45) is 3.30. The second kappa shape index (κ2) is 3.90. The molecule has 0 amide bonds. The summed E-state index contributed by atoms with van der Waals surface area (Å²) in [6.45, 7) is 0. The van der Waals surface area contributed by atoms with E-state index in [1.165, 1.54) is 0 Å². The van der Waals surface area contributed by atoms with Crippen LogP contribution in [-0.4, -0.2) is 11.2 Å². The molecule has 0 atom stereocenters. The van der Waals surface area contributed by atoms with Gasteiger partial charge in [-0.2, -0.15) is 0 Å². The van der Waals surface area contributed by atoms with Crippen molar-refractivity contribution in [2.45, 2.75) is 0 Å². The first-order valence-corrected chi connectivity index (χ1v) is 5.66. The van der Waals surface area contributed by atoms with Crippen LogP contribution in [0, 0.1) is 0 Å². The molecule has 0 aliphatic heterocycles. The van der Waals surface area contributed by atoms with Gasteiger partial charge in [0.25, 0.3) is 0 Å². The van der Waals surface area contributed by atoms with E-state index in [1.54, 1.807) is 23.8 Å². The number of para-hydroxylation sites is 1. The van der Waals surface area contributed by atoms with E-state index in [9.17, 15) is 0 Å². The summed E-state index contributed by atoms with van der Waals surface area (Å²) >= 11 is 1.57. The fourth-order valence-electron chi connectivity index (χ4n) is 1.40. The lowest BCUT2D eigenvalue weighted by Gasteiger charge is -1.81. The largest absolute Gasteiger partial charge is 0.463 e. The zero-order valence-corrected chi connectivity index (χ0v) is 9.15. The van der Waals surface area contributed by atoms with Crippen LogP contribution in [0.3, 0.4) is 0 Å². The SMILES string of the molecule is C(=Nc1nc2ccccc2s1)c1ccco1. The summed E-state index contributed by atoms with van der Waals surface area (Å²) in [5.74, 6) is 0.735. The van der Waals surface area contributed by atoms with Gasteiger partial charge in [0.15, 0.2) is 0 Å². The van der Waals surface area contributed by atoms with Crippen molar-refractivity contribution in [1.29, 1.82) is 0 Å². The zero-order valence-electron chi connectivity index (χ0n) is 8.33. The van der Waals surface area contributed by atoms with Gasteiger partial charge in [-0.15, -0.1) is 0 Å². The molecule has 3 nitrogen and oxygen atoms in total. The van der Waals surface area contributed by atoms with Gasteiger partial charge in [0.05, 0.1) is 22.7 Å². The third-order valence-electron chi connectivity index (χ3n) is 2.13. The Kier molecular flexibility index (Phi) is 2.27. The van der Waals surface area contributed by atoms with Crippen molar-refractivity contribution in [3.8, 4) is 0 Å². The van der Waals surface area contributed by atoms with Gasteiger partial charge in [-0.25, -0.2) is 9.98 Å². The second-order valence-corrected chi connectivity index (χ2v) is 4.25. The minimum atomic E-state index is 0.735. The molecule has 3 rings (SSSR count). The lowest BCUT2D eigenvalue weighted by atomic mass is 10.3. The fourth-order valence-corrected chi connectivity index (χ4v) is 2.21. The van der Waals surface area contributed by atoms with E-state index >= 15 is 0 Å². The van der Waals surface area contributed by atoms with E-state index in [1.807, 2.05) is 36.4 Å². The van der Waals surface area contributed by atoms with Crippen LogP contribution in [-0.2, 0) is 0 Å². The highest BCUT2D eigenvalue weighted by Crippen LogP contribution is 2.27. The molecule has 0 radical (unpaired) electrons. The van der Waals surface area contributed by atoms with E-state index < -0.39 is 0 Å². The maximum atomic E-state index is 5.16. The van der Waals surface area contributed by atoms with Crippen LogP contribution in [0.25, 0.3) is 10.2 Å². The molecule has 0 fully saturated rings. The quantitative estimate of drug-likeness (QED) is 0.628. The predicted molar refractivity (Wildman–Crippen MR) is 65.6 cm³/mol. The molecule has 0 bridgehead atoms. The molecule has 2 aromatic heterocycles. The Bertz CT molecular complexity index is 592. The highest BCUT2D eigenvalue weighted by Gasteiger charge is 2.00. The molecule has 0 spiro atoms. The van der Waals surface area contributed by atoms with Crippen LogP contribution >= 0.6 is 11.3 Å². The van der Waals surface area contributed by atoms with Gasteiger partial charge < -0.3 is 4.42 Å². The van der Waals surface area contributed by atoms with Crippen LogP contribution in [0.5, 0.6) is 0 Å². The van der Waals surface area contributed by atoms with E-state index in [-0.39, 0.29) is 0 Å². The number of aromatic nitrogens is 1. The molecule has 0 aliphatic carbocycles. The summed E-state index contributed by atoms with van der Waals surface area (Å²) in [5.41, 5.74) is 0.985. The van der Waals surface area contributed by atoms with Gasteiger partial charge in [-0.05, 0) is 24.3 Å². The van der Waals surface area contributed by atoms with Crippen molar-refractivity contribution >= 4 is 32.9 Å². The predicted octanol–water partition coefficient (Wildman–Crippen LogP) is 3.64. The average Bonchev–Trinajstić information content (AvgIpc) is 2.95. The summed E-state index contributed by atoms with van der Waals surface area (Å²) in [7, 11) is 0. The third kappa shape index (κ3) is 1.75. The first kappa shape index (κ1) is 9.30. The van der Waals surface area contributed by atoms with Gasteiger partial charge >= 0.3 is 0 Å². The molecule has 4 heteroatoms. The Labute approximate surface area is 96.1 Å². The van der Waals surface area contributed by atoms with Crippen molar-refractivity contribution in [3.05, 3.63) is 48.4 Å². The molecule has 0 saturated carbocycles. The van der Waals surface area contributed by atoms with Gasteiger partial charge in [0.1, 0.15) is 5.76 Å². The Morgan fingerprint density at radius 1 is 1.19 bits per heavy atom. The monoisotopic (exact) mass is 228 g/mol. The first-order chi connectivity index (χ1) is 7.92. The summed E-state index contributed by atoms with van der Waals surface area (Å²) in [6, 6.07) is 11.7. The van der Waals surface area contributed by atoms with Crippen LogP contribution in [0.2, 0.25) is 0 Å². The summed E-state index contributed by atoms with van der Waals surface area (Å²) in [5, 5.41) is 0.748. The zero-order chi connectivity index (χ0) is 10.8. The minimum absolute atomic E-state index is 0.735. The number of hydrogen-bond donors (Lipinski definition) is 0. The Morgan fingerprint density at radius 2 is 2.12 bits per heavy atom. The maximum Gasteiger partial charge on any atom is 0.210 e. The highest BCUT2D eigenvalue weighted by molar-refractivity contribution is 7.22. The molecule has 0 unspecified atom stereocenters. The highest BCUT2D eigenvalue weighted by atomic mass is 32.1. The van der Waals surface area contributed by atoms with Gasteiger partial charge in [-0.3, -0.25) is 0 Å². The Hall–Kier alpha value is -1.94. The number of furan rings is 1. The van der Waals surface area contributed by atoms with Crippen molar-refractivity contribution in [2.24, 2.45) is 4.99 Å². The number of rotatable bonds is 2. The molecule has 1 aromatic carbocycles. The molecule has 0 N–H and O–H groups in total. The number of fused-ring (bicyclic) bond motifs is 1. The fraction of sp³-hybridized carbons (Fsp3) is 0. The van der Waals surface area contributed by atoms with Crippen molar-refractivity contribution < 1.29 is 4.42 Å². The lowest BCUT2D eigenvalue weighted by Crippen LogP contribution is -1.72. The molecule has 3 aromatic rings. The van der Waals surface area contributed by atoms with Crippen molar-refractivity contribution in [2.75, 3.05) is 0 Å². The summed E-state index contributed by atoms with van der Waals surface area (Å²) in [4.78, 5) is 8.67. The Balaban J connectivity index is 1.95. The van der Waals surface area contributed by atoms with Crippen molar-refractivity contribution in [1.82, 2.24) is 4.98 Å². The number of hydrogen-bond acceptors (Lipinski definition) is 4. The van der Waals surface area contributed by atoms with Crippen molar-refractivity contribution in [3.63, 3.8) is 0 Å². The molecule has 0 aliphatic rings. The Morgan fingerprint density at radius 3 is 2.94 bits per heavy atom. The van der Waals surface area contributed by atoms with E-state index in [4.69, 9.17) is 4.42 Å². The third-order valence-corrected chi connectivity index (χ3v) is 3.07. The van der Waals surface area contributed by atoms with Gasteiger partial charge in [0.2, 0.25) is 5.13 Å². The average molecular weight is 228 g/mol. The van der Waals surface area contributed by atoms with E-state index in [0.717, 1.165) is 21.1 Å². The molecule has 0 saturated heterocycles. The summed E-state index contributed by atoms with van der Waals surface area (Å²) < 4.78 is 6.30. The van der Waals surface area contributed by atoms with Gasteiger partial charge in [0, 0.05) is 0 Å². The van der Waals surface area contributed by atoms with E-state index in [0.29, 0.717) is 0 Å². The molecular formula is C12H8N2OS. The molecule has 2 heterocycles. The van der Waals surface area contributed by atoms with Gasteiger partial charge in [-0.1, -0.05) is 23.5 Å². The van der Waals surface area contributed by atoms with Crippen LogP contribution < -0.4 is 0 Å². The molecular weight excluding hydrogens is 220 g/mol. The van der Waals surface area contributed by atoms with Crippen LogP contribution in [0.15, 0.2) is 52.1 Å². The van der Waals surface area contributed by atoms with Crippen LogP contribution in [0.4, 0.5) is 5.13 Å². The standard InChI is InChI=1S/C12H8N2OS/c1-2-6-11-10(5-1)14-12(16-11)13-8-9-4-3-7-15-9/h1-8H. The number of thiazole rings is 1. The number of benzene rings is 1. The number of nitrogens with zero attached hydrogens (tertiary/aromatic N) is 2.